The molecule has 3 aromatic rings. The number of H-pyrrole nitrogens is 1. The van der Waals surface area contributed by atoms with E-state index < -0.39 is 11.6 Å². The molecule has 4 N–H and O–H groups in total. The predicted molar refractivity (Wildman–Crippen MR) is 98.7 cm³/mol. The molecule has 0 bridgehead atoms. The maximum absolute atomic E-state index is 13.3. The van der Waals surface area contributed by atoms with Gasteiger partial charge >= 0.3 is 0 Å². The van der Waals surface area contributed by atoms with E-state index in [-0.39, 0.29) is 11.3 Å². The number of imidazole rings is 1. The van der Waals surface area contributed by atoms with Gasteiger partial charge in [0.1, 0.15) is 5.75 Å². The number of aromatic hydroxyl groups is 1. The Kier molecular flexibility index (Phi) is 4.58. The molecular formula is C19H22F2N4O. The predicted octanol–water partition coefficient (Wildman–Crippen LogP) is 4.49. The highest BCUT2D eigenvalue weighted by molar-refractivity contribution is 5.79. The Bertz CT molecular complexity index is 921. The van der Waals surface area contributed by atoms with Crippen LogP contribution in [0, 0.1) is 18.6 Å². The number of phenols is 1. The number of hydrogen-bond acceptors (Lipinski definition) is 4. The van der Waals surface area contributed by atoms with Gasteiger partial charge in [0.15, 0.2) is 11.6 Å². The second-order valence-electron chi connectivity index (χ2n) is 7.42. The van der Waals surface area contributed by atoms with Gasteiger partial charge < -0.3 is 20.7 Å². The van der Waals surface area contributed by atoms with Gasteiger partial charge in [-0.15, -0.1) is 0 Å². The highest BCUT2D eigenvalue weighted by atomic mass is 19.2. The molecule has 5 nitrogen and oxygen atoms in total. The van der Waals surface area contributed by atoms with Gasteiger partial charge in [-0.1, -0.05) is 6.07 Å². The van der Waals surface area contributed by atoms with Crippen molar-refractivity contribution in [3.63, 3.8) is 0 Å². The average Bonchev–Trinajstić information content (AvgIpc) is 2.90. The fourth-order valence-corrected chi connectivity index (χ4v) is 2.64. The Morgan fingerprint density at radius 1 is 1.12 bits per heavy atom. The van der Waals surface area contributed by atoms with Gasteiger partial charge in [-0.05, 0) is 39.3 Å². The monoisotopic (exact) mass is 360 g/mol. The Morgan fingerprint density at radius 2 is 1.81 bits per heavy atom. The summed E-state index contributed by atoms with van der Waals surface area (Å²) in [5.41, 5.74) is 2.76. The quantitative estimate of drug-likeness (QED) is 0.518. The van der Waals surface area contributed by atoms with Crippen molar-refractivity contribution in [2.24, 2.45) is 0 Å². The third-order valence-corrected chi connectivity index (χ3v) is 3.92. The van der Waals surface area contributed by atoms with Gasteiger partial charge in [0, 0.05) is 29.8 Å². The first-order valence-electron chi connectivity index (χ1n) is 8.32. The summed E-state index contributed by atoms with van der Waals surface area (Å²) in [6.45, 7) is 8.57. The van der Waals surface area contributed by atoms with Gasteiger partial charge in [0.05, 0.1) is 16.7 Å². The van der Waals surface area contributed by atoms with E-state index in [1.54, 1.807) is 6.07 Å². The summed E-state index contributed by atoms with van der Waals surface area (Å²) >= 11 is 0. The molecule has 3 rings (SSSR count). The smallest absolute Gasteiger partial charge is 0.205 e. The number of nitrogens with zero attached hydrogens (tertiary/aromatic N) is 1. The summed E-state index contributed by atoms with van der Waals surface area (Å²) in [5.74, 6) is -1.50. The zero-order chi connectivity index (χ0) is 19.1. The number of rotatable bonds is 4. The van der Waals surface area contributed by atoms with E-state index >= 15 is 0 Å². The third-order valence-electron chi connectivity index (χ3n) is 3.92. The van der Waals surface area contributed by atoms with E-state index in [1.165, 1.54) is 0 Å². The third kappa shape index (κ3) is 3.94. The van der Waals surface area contributed by atoms with E-state index in [1.807, 2.05) is 33.8 Å². The first-order chi connectivity index (χ1) is 12.1. The average molecular weight is 360 g/mol. The minimum Gasteiger partial charge on any atom is -0.505 e. The van der Waals surface area contributed by atoms with Gasteiger partial charge in [-0.3, -0.25) is 0 Å². The molecule has 0 atom stereocenters. The number of aromatic nitrogens is 2. The molecule has 0 aliphatic heterocycles. The molecule has 26 heavy (non-hydrogen) atoms. The lowest BCUT2D eigenvalue weighted by molar-refractivity contribution is 0.412. The lowest BCUT2D eigenvalue weighted by Gasteiger charge is -2.21. The molecule has 0 spiro atoms. The van der Waals surface area contributed by atoms with E-state index in [0.29, 0.717) is 29.2 Å². The zero-order valence-electron chi connectivity index (χ0n) is 15.2. The first kappa shape index (κ1) is 18.1. The number of nitrogens with one attached hydrogen (secondary N) is 3. The number of halogens is 2. The van der Waals surface area contributed by atoms with Crippen LogP contribution in [-0.4, -0.2) is 20.6 Å². The van der Waals surface area contributed by atoms with Crippen LogP contribution in [0.2, 0.25) is 0 Å². The normalized spacial score (nSPS) is 11.9. The number of hydrogen-bond donors (Lipinski definition) is 4. The molecule has 0 unspecified atom stereocenters. The summed E-state index contributed by atoms with van der Waals surface area (Å²) in [5, 5.41) is 16.9. The van der Waals surface area contributed by atoms with Gasteiger partial charge in [0.2, 0.25) is 5.95 Å². The van der Waals surface area contributed by atoms with Crippen molar-refractivity contribution in [1.29, 1.82) is 0 Å². The maximum atomic E-state index is 13.3. The van der Waals surface area contributed by atoms with Crippen molar-refractivity contribution in [3.8, 4) is 5.75 Å². The van der Waals surface area contributed by atoms with Crippen LogP contribution in [-0.2, 0) is 6.54 Å². The maximum Gasteiger partial charge on any atom is 0.205 e. The van der Waals surface area contributed by atoms with Crippen molar-refractivity contribution in [2.75, 3.05) is 5.32 Å². The van der Waals surface area contributed by atoms with Gasteiger partial charge in [-0.25, -0.2) is 13.8 Å². The Labute approximate surface area is 150 Å². The number of benzene rings is 2. The second-order valence-corrected chi connectivity index (χ2v) is 7.42. The molecule has 0 aliphatic carbocycles. The van der Waals surface area contributed by atoms with Crippen molar-refractivity contribution in [3.05, 3.63) is 47.0 Å². The van der Waals surface area contributed by atoms with Crippen LogP contribution < -0.4 is 10.6 Å². The van der Waals surface area contributed by atoms with Crippen molar-refractivity contribution >= 4 is 22.7 Å². The lowest BCUT2D eigenvalue weighted by atomic mass is 10.1. The molecule has 0 saturated heterocycles. The molecule has 1 heterocycles. The second kappa shape index (κ2) is 6.57. The van der Waals surface area contributed by atoms with Crippen LogP contribution in [0.15, 0.2) is 24.3 Å². The minimum absolute atomic E-state index is 0.0866. The van der Waals surface area contributed by atoms with E-state index in [9.17, 15) is 13.9 Å². The fraction of sp³-hybridized carbons (Fsp3) is 0.316. The van der Waals surface area contributed by atoms with Crippen LogP contribution in [0.25, 0.3) is 11.0 Å². The molecule has 0 amide bonds. The number of aryl methyl sites for hydroxylation is 1. The van der Waals surface area contributed by atoms with Crippen molar-refractivity contribution < 1.29 is 13.9 Å². The summed E-state index contributed by atoms with van der Waals surface area (Å²) in [6, 6.07) is 5.77. The topological polar surface area (TPSA) is 73.0 Å². The van der Waals surface area contributed by atoms with Crippen molar-refractivity contribution in [1.82, 2.24) is 15.3 Å². The molecule has 138 valence electrons. The lowest BCUT2D eigenvalue weighted by Crippen LogP contribution is -2.35. The van der Waals surface area contributed by atoms with E-state index in [4.69, 9.17) is 0 Å². The van der Waals surface area contributed by atoms with Crippen molar-refractivity contribution in [2.45, 2.75) is 39.8 Å². The SMILES string of the molecule is Cc1cc(CNC(C)(C)C)c(O)c(Nc2nc3cc(F)c(F)cc3[nH]2)c1. The molecule has 7 heteroatoms. The first-order valence-corrected chi connectivity index (χ1v) is 8.32. The van der Waals surface area contributed by atoms with Crippen LogP contribution in [0.4, 0.5) is 20.4 Å². The fourth-order valence-electron chi connectivity index (χ4n) is 2.64. The molecule has 1 aromatic heterocycles. The van der Waals surface area contributed by atoms with Crippen LogP contribution >= 0.6 is 0 Å². The molecular weight excluding hydrogens is 338 g/mol. The summed E-state index contributed by atoms with van der Waals surface area (Å²) in [4.78, 5) is 7.07. The number of fused-ring (bicyclic) bond motifs is 1. The number of aromatic amines is 1. The minimum atomic E-state index is -0.954. The van der Waals surface area contributed by atoms with Crippen LogP contribution in [0.1, 0.15) is 31.9 Å². The molecule has 0 aliphatic rings. The largest absolute Gasteiger partial charge is 0.505 e. The van der Waals surface area contributed by atoms with Crippen LogP contribution in [0.5, 0.6) is 5.75 Å². The summed E-state index contributed by atoms with van der Waals surface area (Å²) < 4.78 is 26.7. The van der Waals surface area contributed by atoms with E-state index in [2.05, 4.69) is 20.6 Å². The standard InChI is InChI=1S/C19H22F2N4O/c1-10-5-11(9-22-19(2,3)4)17(26)16(6-10)25-18-23-14-7-12(20)13(21)8-15(14)24-18/h5-8,22,26H,9H2,1-4H3,(H2,23,24,25). The zero-order valence-corrected chi connectivity index (χ0v) is 15.2. The molecule has 0 fully saturated rings. The van der Waals surface area contributed by atoms with Gasteiger partial charge in [-0.2, -0.15) is 0 Å². The summed E-state index contributed by atoms with van der Waals surface area (Å²) in [7, 11) is 0. The number of anilines is 2. The highest BCUT2D eigenvalue weighted by Crippen LogP contribution is 2.32. The Balaban J connectivity index is 1.91. The number of phenolic OH excluding ortho intramolecular Hbond substituents is 1. The van der Waals surface area contributed by atoms with E-state index in [0.717, 1.165) is 23.3 Å². The molecule has 0 saturated carbocycles. The molecule has 0 radical (unpaired) electrons. The molecule has 2 aromatic carbocycles. The van der Waals surface area contributed by atoms with Gasteiger partial charge in [0.25, 0.3) is 0 Å². The highest BCUT2D eigenvalue weighted by Gasteiger charge is 2.15. The Morgan fingerprint density at radius 3 is 2.50 bits per heavy atom. The van der Waals surface area contributed by atoms with Crippen LogP contribution in [0.3, 0.4) is 0 Å². The Hall–Kier alpha value is -2.67. The summed E-state index contributed by atoms with van der Waals surface area (Å²) in [6.07, 6.45) is 0.